The molecule has 0 saturated carbocycles. The van der Waals surface area contributed by atoms with Crippen molar-refractivity contribution in [3.05, 3.63) is 66.0 Å². The van der Waals surface area contributed by atoms with Gasteiger partial charge in [-0.2, -0.15) is 0 Å². The first-order valence-corrected chi connectivity index (χ1v) is 10.5. The van der Waals surface area contributed by atoms with Gasteiger partial charge in [-0.3, -0.25) is 4.79 Å². The number of rotatable bonds is 6. The van der Waals surface area contributed by atoms with E-state index in [0.717, 1.165) is 20.8 Å². The van der Waals surface area contributed by atoms with Gasteiger partial charge in [0.1, 0.15) is 10.8 Å². The molecule has 0 bridgehead atoms. The van der Waals surface area contributed by atoms with Crippen molar-refractivity contribution >= 4 is 45.6 Å². The van der Waals surface area contributed by atoms with E-state index in [1.165, 1.54) is 11.8 Å². The number of thiophene rings is 1. The second-order valence-electron chi connectivity index (χ2n) is 5.92. The summed E-state index contributed by atoms with van der Waals surface area (Å²) < 4.78 is 5.19. The summed E-state index contributed by atoms with van der Waals surface area (Å²) in [6, 6.07) is 19.1. The third-order valence-corrected chi connectivity index (χ3v) is 5.86. The Balaban J connectivity index is 1.54. The van der Waals surface area contributed by atoms with Gasteiger partial charge in [-0.1, -0.05) is 42.1 Å². The fourth-order valence-corrected chi connectivity index (χ4v) is 4.18. The van der Waals surface area contributed by atoms with Gasteiger partial charge in [0, 0.05) is 17.1 Å². The van der Waals surface area contributed by atoms with Crippen LogP contribution in [0.2, 0.25) is 0 Å². The summed E-state index contributed by atoms with van der Waals surface area (Å²) in [6.07, 6.45) is 0. The molecule has 140 valence electrons. The van der Waals surface area contributed by atoms with Crippen molar-refractivity contribution in [2.75, 3.05) is 18.2 Å². The highest BCUT2D eigenvalue weighted by Crippen LogP contribution is 2.30. The largest absolute Gasteiger partial charge is 0.497 e. The summed E-state index contributed by atoms with van der Waals surface area (Å²) in [5, 5.41) is 6.65. The Kier molecular flexibility index (Phi) is 5.55. The first kappa shape index (κ1) is 18.5. The van der Waals surface area contributed by atoms with Crippen LogP contribution >= 0.6 is 23.1 Å². The number of carbonyl (C=O) groups excluding carboxylic acids is 1. The first-order chi connectivity index (χ1) is 13.7. The molecule has 2 aromatic carbocycles. The molecule has 5 nitrogen and oxygen atoms in total. The monoisotopic (exact) mass is 407 g/mol. The van der Waals surface area contributed by atoms with Crippen LogP contribution in [-0.2, 0) is 4.79 Å². The lowest BCUT2D eigenvalue weighted by Crippen LogP contribution is -2.14. The van der Waals surface area contributed by atoms with Gasteiger partial charge < -0.3 is 10.1 Å². The minimum Gasteiger partial charge on any atom is -0.497 e. The zero-order valence-electron chi connectivity index (χ0n) is 15.1. The van der Waals surface area contributed by atoms with E-state index in [9.17, 15) is 4.79 Å². The van der Waals surface area contributed by atoms with E-state index in [4.69, 9.17) is 9.72 Å². The number of amides is 1. The number of ether oxygens (including phenoxy) is 1. The summed E-state index contributed by atoms with van der Waals surface area (Å²) in [6.45, 7) is 0. The number of methoxy groups -OCH3 is 1. The molecule has 0 aliphatic rings. The second-order valence-corrected chi connectivity index (χ2v) is 7.83. The van der Waals surface area contributed by atoms with E-state index >= 15 is 0 Å². The SMILES string of the molecule is COc1cccc(NC(=O)CSc2nc(-c3cccs3)nc3ccccc23)c1. The van der Waals surface area contributed by atoms with E-state index in [1.54, 1.807) is 24.5 Å². The van der Waals surface area contributed by atoms with Crippen LogP contribution in [0.3, 0.4) is 0 Å². The number of benzene rings is 2. The van der Waals surface area contributed by atoms with Crippen molar-refractivity contribution in [1.82, 2.24) is 9.97 Å². The van der Waals surface area contributed by atoms with Crippen molar-refractivity contribution in [3.63, 3.8) is 0 Å². The van der Waals surface area contributed by atoms with Crippen molar-refractivity contribution in [2.24, 2.45) is 0 Å². The molecule has 0 unspecified atom stereocenters. The lowest BCUT2D eigenvalue weighted by Gasteiger charge is -2.09. The number of hydrogen-bond donors (Lipinski definition) is 1. The van der Waals surface area contributed by atoms with Crippen LogP contribution in [-0.4, -0.2) is 28.7 Å². The normalized spacial score (nSPS) is 10.8. The number of aromatic nitrogens is 2. The van der Waals surface area contributed by atoms with E-state index in [-0.39, 0.29) is 11.7 Å². The third-order valence-electron chi connectivity index (χ3n) is 4.00. The molecule has 2 aromatic heterocycles. The average Bonchev–Trinajstić information content (AvgIpc) is 3.27. The molecule has 4 rings (SSSR count). The molecule has 0 atom stereocenters. The molecule has 2 heterocycles. The molecule has 0 fully saturated rings. The molecule has 0 spiro atoms. The Hall–Kier alpha value is -2.90. The van der Waals surface area contributed by atoms with Gasteiger partial charge in [-0.15, -0.1) is 11.3 Å². The van der Waals surface area contributed by atoms with Crippen molar-refractivity contribution < 1.29 is 9.53 Å². The predicted molar refractivity (Wildman–Crippen MR) is 115 cm³/mol. The van der Waals surface area contributed by atoms with Gasteiger partial charge in [-0.05, 0) is 29.6 Å². The zero-order chi connectivity index (χ0) is 19.3. The highest BCUT2D eigenvalue weighted by Gasteiger charge is 2.12. The Labute approximate surface area is 170 Å². The van der Waals surface area contributed by atoms with E-state index in [0.29, 0.717) is 17.3 Å². The summed E-state index contributed by atoms with van der Waals surface area (Å²) in [5.41, 5.74) is 1.58. The molecule has 7 heteroatoms. The van der Waals surface area contributed by atoms with Crippen molar-refractivity contribution in [1.29, 1.82) is 0 Å². The summed E-state index contributed by atoms with van der Waals surface area (Å²) in [7, 11) is 1.60. The number of fused-ring (bicyclic) bond motifs is 1. The number of nitrogens with zero attached hydrogens (tertiary/aromatic N) is 2. The van der Waals surface area contributed by atoms with Gasteiger partial charge in [-0.25, -0.2) is 9.97 Å². The lowest BCUT2D eigenvalue weighted by molar-refractivity contribution is -0.113. The van der Waals surface area contributed by atoms with Crippen LogP contribution in [0, 0.1) is 0 Å². The Morgan fingerprint density at radius 1 is 1.11 bits per heavy atom. The van der Waals surface area contributed by atoms with Gasteiger partial charge >= 0.3 is 0 Å². The molecule has 0 aliphatic heterocycles. The molecule has 0 aliphatic carbocycles. The second kappa shape index (κ2) is 8.41. The third kappa shape index (κ3) is 4.16. The van der Waals surface area contributed by atoms with Crippen LogP contribution in [0.25, 0.3) is 21.6 Å². The van der Waals surface area contributed by atoms with Gasteiger partial charge in [0.05, 0.1) is 23.3 Å². The molecular weight excluding hydrogens is 390 g/mol. The minimum atomic E-state index is -0.0985. The topological polar surface area (TPSA) is 64.1 Å². The van der Waals surface area contributed by atoms with Crippen molar-refractivity contribution in [3.8, 4) is 16.5 Å². The lowest BCUT2D eigenvalue weighted by atomic mass is 10.2. The summed E-state index contributed by atoms with van der Waals surface area (Å²) >= 11 is 3.01. The number of para-hydroxylation sites is 1. The Bertz CT molecular complexity index is 1110. The maximum absolute atomic E-state index is 12.4. The fourth-order valence-electron chi connectivity index (χ4n) is 2.71. The van der Waals surface area contributed by atoms with Gasteiger partial charge in [0.25, 0.3) is 0 Å². The maximum Gasteiger partial charge on any atom is 0.234 e. The molecule has 0 saturated heterocycles. The Morgan fingerprint density at radius 2 is 2.00 bits per heavy atom. The first-order valence-electron chi connectivity index (χ1n) is 8.60. The quantitative estimate of drug-likeness (QED) is 0.356. The zero-order valence-corrected chi connectivity index (χ0v) is 16.7. The number of thioether (sulfide) groups is 1. The van der Waals surface area contributed by atoms with Gasteiger partial charge in [0.15, 0.2) is 5.82 Å². The number of nitrogens with one attached hydrogen (secondary N) is 1. The Morgan fingerprint density at radius 3 is 2.82 bits per heavy atom. The van der Waals surface area contributed by atoms with E-state index < -0.39 is 0 Å². The predicted octanol–water partition coefficient (Wildman–Crippen LogP) is 5.10. The smallest absolute Gasteiger partial charge is 0.234 e. The van der Waals surface area contributed by atoms with Crippen molar-refractivity contribution in [2.45, 2.75) is 5.03 Å². The maximum atomic E-state index is 12.4. The van der Waals surface area contributed by atoms with E-state index in [1.807, 2.05) is 60.0 Å². The van der Waals surface area contributed by atoms with Crippen LogP contribution in [0.1, 0.15) is 0 Å². The summed E-state index contributed by atoms with van der Waals surface area (Å²) in [4.78, 5) is 22.8. The number of carbonyl (C=O) groups is 1. The van der Waals surface area contributed by atoms with Crippen LogP contribution in [0.5, 0.6) is 5.75 Å². The van der Waals surface area contributed by atoms with Crippen LogP contribution in [0.15, 0.2) is 71.1 Å². The minimum absolute atomic E-state index is 0.0985. The standard InChI is InChI=1S/C21H17N3O2S2/c1-26-15-7-4-6-14(12-15)22-19(25)13-28-21-16-8-2-3-9-17(16)23-20(24-21)18-10-5-11-27-18/h2-12H,13H2,1H3,(H,22,25). The molecule has 0 radical (unpaired) electrons. The molecular formula is C21H17N3O2S2. The van der Waals surface area contributed by atoms with Crippen LogP contribution in [0.4, 0.5) is 5.69 Å². The van der Waals surface area contributed by atoms with Gasteiger partial charge in [0.2, 0.25) is 5.91 Å². The fraction of sp³-hybridized carbons (Fsp3) is 0.0952. The van der Waals surface area contributed by atoms with Crippen LogP contribution < -0.4 is 10.1 Å². The molecule has 4 aromatic rings. The summed E-state index contributed by atoms with van der Waals surface area (Å²) in [5.74, 6) is 1.54. The highest BCUT2D eigenvalue weighted by molar-refractivity contribution is 8.00. The average molecular weight is 408 g/mol. The molecule has 28 heavy (non-hydrogen) atoms. The highest BCUT2D eigenvalue weighted by atomic mass is 32.2. The van der Waals surface area contributed by atoms with E-state index in [2.05, 4.69) is 10.3 Å². The number of anilines is 1. The molecule has 1 amide bonds. The molecule has 1 N–H and O–H groups in total. The number of hydrogen-bond acceptors (Lipinski definition) is 6.